The van der Waals surface area contributed by atoms with Gasteiger partial charge in [-0.15, -0.1) is 0 Å². The quantitative estimate of drug-likeness (QED) is 0.747. The largest absolute Gasteiger partial charge is 0.494 e. The smallest absolute Gasteiger partial charge is 0.257 e. The Morgan fingerprint density at radius 1 is 1.12 bits per heavy atom. The van der Waals surface area contributed by atoms with Gasteiger partial charge in [0, 0.05) is 18.7 Å². The Bertz CT molecular complexity index is 793. The van der Waals surface area contributed by atoms with E-state index in [9.17, 15) is 9.59 Å². The Balaban J connectivity index is 2.37. The van der Waals surface area contributed by atoms with Crippen LogP contribution in [0.1, 0.15) is 52.9 Å². The first-order chi connectivity index (χ1) is 11.9. The molecule has 0 fully saturated rings. The summed E-state index contributed by atoms with van der Waals surface area (Å²) in [5, 5.41) is 2.87. The van der Waals surface area contributed by atoms with E-state index in [0.717, 1.165) is 0 Å². The molecule has 6 nitrogen and oxygen atoms in total. The molecule has 2 aromatic rings. The summed E-state index contributed by atoms with van der Waals surface area (Å²) < 4.78 is 11.1. The number of aryl methyl sites for hydroxylation is 1. The van der Waals surface area contributed by atoms with Gasteiger partial charge in [0.25, 0.3) is 5.91 Å². The number of hydrogen-bond acceptors (Lipinski definition) is 4. The highest BCUT2D eigenvalue weighted by Gasteiger charge is 2.21. The van der Waals surface area contributed by atoms with Gasteiger partial charge in [0.2, 0.25) is 0 Å². The van der Waals surface area contributed by atoms with Crippen LogP contribution in [-0.4, -0.2) is 29.9 Å². The van der Waals surface area contributed by atoms with Crippen molar-refractivity contribution in [2.24, 2.45) is 0 Å². The highest BCUT2D eigenvalue weighted by atomic mass is 16.5. The molecule has 0 radical (unpaired) electrons. The van der Waals surface area contributed by atoms with E-state index in [2.05, 4.69) is 10.3 Å². The van der Waals surface area contributed by atoms with Gasteiger partial charge in [0.15, 0.2) is 5.78 Å². The molecular formula is C19H24N2O4. The Hall–Kier alpha value is -2.76. The lowest BCUT2D eigenvalue weighted by Gasteiger charge is -2.14. The van der Waals surface area contributed by atoms with Crippen molar-refractivity contribution in [2.75, 3.05) is 18.5 Å². The lowest BCUT2D eigenvalue weighted by Crippen LogP contribution is -2.15. The molecule has 0 saturated carbocycles. The molecule has 0 atom stereocenters. The van der Waals surface area contributed by atoms with E-state index in [1.54, 1.807) is 32.0 Å². The van der Waals surface area contributed by atoms with Gasteiger partial charge in [-0.05, 0) is 45.4 Å². The molecule has 1 amide bonds. The topological polar surface area (TPSA) is 80.4 Å². The zero-order valence-corrected chi connectivity index (χ0v) is 15.3. The van der Waals surface area contributed by atoms with Gasteiger partial charge in [-0.2, -0.15) is 0 Å². The van der Waals surface area contributed by atoms with Crippen LogP contribution in [0.15, 0.2) is 18.2 Å². The van der Waals surface area contributed by atoms with Gasteiger partial charge in [0.05, 0.1) is 30.2 Å². The maximum Gasteiger partial charge on any atom is 0.257 e. The van der Waals surface area contributed by atoms with Crippen molar-refractivity contribution >= 4 is 17.4 Å². The van der Waals surface area contributed by atoms with Crippen molar-refractivity contribution in [2.45, 2.75) is 34.6 Å². The van der Waals surface area contributed by atoms with Crippen LogP contribution >= 0.6 is 0 Å². The number of nitrogens with one attached hydrogen (secondary N) is 2. The number of aromatic amines is 1. The molecule has 0 aliphatic heterocycles. The predicted molar refractivity (Wildman–Crippen MR) is 97.0 cm³/mol. The predicted octanol–water partition coefficient (Wildman–Crippen LogP) is 3.88. The molecule has 6 heteroatoms. The van der Waals surface area contributed by atoms with Gasteiger partial charge in [-0.1, -0.05) is 0 Å². The minimum atomic E-state index is -0.298. The zero-order chi connectivity index (χ0) is 18.6. The molecule has 0 aliphatic rings. The van der Waals surface area contributed by atoms with Gasteiger partial charge < -0.3 is 19.8 Å². The zero-order valence-electron chi connectivity index (χ0n) is 15.3. The minimum absolute atomic E-state index is 0.104. The molecule has 0 saturated heterocycles. The van der Waals surface area contributed by atoms with Crippen molar-refractivity contribution < 1.29 is 19.1 Å². The SMILES string of the molecule is CCOc1ccc(OCC)c(NC(=O)c2c(C)[nH]c(C(C)=O)c2C)c1. The number of ketones is 1. The Morgan fingerprint density at radius 3 is 2.36 bits per heavy atom. The second-order valence-corrected chi connectivity index (χ2v) is 5.66. The van der Waals surface area contributed by atoms with E-state index in [1.807, 2.05) is 13.8 Å². The normalized spacial score (nSPS) is 10.4. The number of H-pyrrole nitrogens is 1. The number of rotatable bonds is 7. The number of ether oxygens (including phenoxy) is 2. The Labute approximate surface area is 147 Å². The van der Waals surface area contributed by atoms with Crippen LogP contribution in [0.2, 0.25) is 0 Å². The number of aromatic nitrogens is 1. The van der Waals surface area contributed by atoms with Gasteiger partial charge in [0.1, 0.15) is 11.5 Å². The first-order valence-corrected chi connectivity index (χ1v) is 8.30. The van der Waals surface area contributed by atoms with Crippen LogP contribution in [0.25, 0.3) is 0 Å². The molecule has 1 aromatic heterocycles. The molecular weight excluding hydrogens is 320 g/mol. The van der Waals surface area contributed by atoms with Crippen molar-refractivity contribution in [3.63, 3.8) is 0 Å². The van der Waals surface area contributed by atoms with Crippen molar-refractivity contribution in [3.05, 3.63) is 40.7 Å². The monoisotopic (exact) mass is 344 g/mol. The van der Waals surface area contributed by atoms with Crippen LogP contribution in [-0.2, 0) is 0 Å². The molecule has 0 bridgehead atoms. The second kappa shape index (κ2) is 7.88. The van der Waals surface area contributed by atoms with Crippen molar-refractivity contribution in [1.29, 1.82) is 0 Å². The fourth-order valence-corrected chi connectivity index (χ4v) is 2.77. The molecule has 25 heavy (non-hydrogen) atoms. The van der Waals surface area contributed by atoms with E-state index >= 15 is 0 Å². The van der Waals surface area contributed by atoms with E-state index in [4.69, 9.17) is 9.47 Å². The number of carbonyl (C=O) groups is 2. The number of Topliss-reactive ketones (excluding diaryl/α,β-unsaturated/α-hetero) is 1. The summed E-state index contributed by atoms with van der Waals surface area (Å²) in [6, 6.07) is 5.29. The average molecular weight is 344 g/mol. The standard InChI is InChI=1S/C19H24N2O4/c1-6-24-14-8-9-16(25-7-2)15(10-14)21-19(23)17-11(3)18(13(5)22)20-12(17)4/h8-10,20H,6-7H2,1-5H3,(H,21,23). The molecule has 0 unspecified atom stereocenters. The van der Waals surface area contributed by atoms with Crippen LogP contribution < -0.4 is 14.8 Å². The summed E-state index contributed by atoms with van der Waals surface area (Å²) in [7, 11) is 0. The highest BCUT2D eigenvalue weighted by molar-refractivity contribution is 6.09. The summed E-state index contributed by atoms with van der Waals surface area (Å²) in [6.45, 7) is 9.78. The summed E-state index contributed by atoms with van der Waals surface area (Å²) in [5.74, 6) is 0.812. The maximum atomic E-state index is 12.8. The first-order valence-electron chi connectivity index (χ1n) is 8.30. The third-order valence-electron chi connectivity index (χ3n) is 3.83. The van der Waals surface area contributed by atoms with Crippen molar-refractivity contribution in [1.82, 2.24) is 4.98 Å². The third-order valence-corrected chi connectivity index (χ3v) is 3.83. The molecule has 1 aromatic carbocycles. The molecule has 1 heterocycles. The Kier molecular flexibility index (Phi) is 5.85. The highest BCUT2D eigenvalue weighted by Crippen LogP contribution is 2.30. The van der Waals surface area contributed by atoms with E-state index < -0.39 is 0 Å². The fourth-order valence-electron chi connectivity index (χ4n) is 2.77. The number of carbonyl (C=O) groups excluding carboxylic acids is 2. The second-order valence-electron chi connectivity index (χ2n) is 5.66. The van der Waals surface area contributed by atoms with E-state index in [0.29, 0.717) is 52.9 Å². The Morgan fingerprint density at radius 2 is 1.80 bits per heavy atom. The molecule has 0 aliphatic carbocycles. The summed E-state index contributed by atoms with van der Waals surface area (Å²) in [4.78, 5) is 27.4. The number of amides is 1. The van der Waals surface area contributed by atoms with Crippen LogP contribution in [0.3, 0.4) is 0 Å². The first kappa shape index (κ1) is 18.6. The van der Waals surface area contributed by atoms with Gasteiger partial charge in [-0.25, -0.2) is 0 Å². The lowest BCUT2D eigenvalue weighted by molar-refractivity contribution is 0.101. The molecule has 134 valence electrons. The fraction of sp³-hybridized carbons (Fsp3) is 0.368. The van der Waals surface area contributed by atoms with Gasteiger partial charge >= 0.3 is 0 Å². The number of hydrogen-bond donors (Lipinski definition) is 2. The summed E-state index contributed by atoms with van der Waals surface area (Å²) in [6.07, 6.45) is 0. The molecule has 2 rings (SSSR count). The molecule has 0 spiro atoms. The molecule has 2 N–H and O–H groups in total. The summed E-state index contributed by atoms with van der Waals surface area (Å²) >= 11 is 0. The third kappa shape index (κ3) is 4.02. The number of anilines is 1. The number of benzene rings is 1. The van der Waals surface area contributed by atoms with Crippen LogP contribution in [0.5, 0.6) is 11.5 Å². The lowest BCUT2D eigenvalue weighted by atomic mass is 10.1. The minimum Gasteiger partial charge on any atom is -0.494 e. The van der Waals surface area contributed by atoms with E-state index in [-0.39, 0.29) is 11.7 Å². The van der Waals surface area contributed by atoms with E-state index in [1.165, 1.54) is 6.92 Å². The van der Waals surface area contributed by atoms with Crippen molar-refractivity contribution in [3.8, 4) is 11.5 Å². The van der Waals surface area contributed by atoms with Crippen LogP contribution in [0.4, 0.5) is 5.69 Å². The van der Waals surface area contributed by atoms with Gasteiger partial charge in [-0.3, -0.25) is 9.59 Å². The summed E-state index contributed by atoms with van der Waals surface area (Å²) in [5.41, 5.74) is 2.74. The van der Waals surface area contributed by atoms with Crippen LogP contribution in [0, 0.1) is 13.8 Å². The maximum absolute atomic E-state index is 12.8. The average Bonchev–Trinajstić information content (AvgIpc) is 2.85.